The number of para-hydroxylation sites is 1. The summed E-state index contributed by atoms with van der Waals surface area (Å²) in [6.45, 7) is 4.16. The largest absolute Gasteiger partial charge is 0.339 e. The fourth-order valence-corrected chi connectivity index (χ4v) is 4.90. The number of hydrogen-bond acceptors (Lipinski definition) is 5. The van der Waals surface area contributed by atoms with E-state index in [1.165, 1.54) is 12.1 Å². The van der Waals surface area contributed by atoms with Crippen molar-refractivity contribution in [2.45, 2.75) is 37.1 Å². The molecule has 2 heterocycles. The van der Waals surface area contributed by atoms with Crippen molar-refractivity contribution in [3.8, 4) is 0 Å². The van der Waals surface area contributed by atoms with Gasteiger partial charge in [0.25, 0.3) is 15.9 Å². The number of benzene rings is 2. The van der Waals surface area contributed by atoms with E-state index in [0.29, 0.717) is 30.3 Å². The normalized spacial score (nSPS) is 15.1. The third-order valence-electron chi connectivity index (χ3n) is 5.57. The maximum absolute atomic E-state index is 12.9. The van der Waals surface area contributed by atoms with Gasteiger partial charge in [-0.1, -0.05) is 18.2 Å². The molecule has 1 fully saturated rings. The summed E-state index contributed by atoms with van der Waals surface area (Å²) in [5.74, 6) is 1.19. The van der Waals surface area contributed by atoms with Crippen LogP contribution in [0, 0.1) is 0 Å². The number of likely N-dealkylation sites (tertiary alicyclic amines) is 1. The van der Waals surface area contributed by atoms with Crippen molar-refractivity contribution in [1.82, 2.24) is 19.7 Å². The molecular weight excluding hydrogens is 414 g/mol. The number of nitrogens with one attached hydrogen (secondary N) is 1. The van der Waals surface area contributed by atoms with E-state index in [9.17, 15) is 13.2 Å². The van der Waals surface area contributed by atoms with Crippen molar-refractivity contribution < 1.29 is 13.2 Å². The zero-order valence-corrected chi connectivity index (χ0v) is 18.1. The number of nitrogens with zero attached hydrogens (tertiary/aromatic N) is 4. The second-order valence-corrected chi connectivity index (χ2v) is 9.22. The summed E-state index contributed by atoms with van der Waals surface area (Å²) in [7, 11) is -3.71. The molecule has 1 saturated heterocycles. The Hall–Kier alpha value is -3.20. The Morgan fingerprint density at radius 3 is 2.39 bits per heavy atom. The number of anilines is 1. The number of carbonyl (C=O) groups excluding carboxylic acids is 1. The van der Waals surface area contributed by atoms with Crippen LogP contribution in [0.15, 0.2) is 65.8 Å². The maximum Gasteiger partial charge on any atom is 0.261 e. The molecule has 3 aromatic rings. The van der Waals surface area contributed by atoms with E-state index >= 15 is 0 Å². The number of rotatable bonds is 6. The zero-order valence-electron chi connectivity index (χ0n) is 17.3. The summed E-state index contributed by atoms with van der Waals surface area (Å²) in [6.07, 6.45) is 3.41. The quantitative estimate of drug-likeness (QED) is 0.636. The Labute approximate surface area is 182 Å². The van der Waals surface area contributed by atoms with Gasteiger partial charge in [0.2, 0.25) is 0 Å². The number of hydrogen-bond donors (Lipinski definition) is 1. The van der Waals surface area contributed by atoms with Gasteiger partial charge in [-0.3, -0.25) is 9.52 Å². The van der Waals surface area contributed by atoms with Crippen LogP contribution in [0.4, 0.5) is 5.69 Å². The van der Waals surface area contributed by atoms with Crippen LogP contribution in [0.3, 0.4) is 0 Å². The van der Waals surface area contributed by atoms with Gasteiger partial charge in [0.1, 0.15) is 12.2 Å². The smallest absolute Gasteiger partial charge is 0.261 e. The average molecular weight is 440 g/mol. The van der Waals surface area contributed by atoms with Crippen molar-refractivity contribution in [3.05, 3.63) is 72.3 Å². The SMILES string of the molecule is CCn1cnnc1C1CCN(C(=O)c2ccc(S(=O)(=O)Nc3ccccc3)cc2)CC1. The van der Waals surface area contributed by atoms with E-state index in [-0.39, 0.29) is 10.8 Å². The third-order valence-corrected chi connectivity index (χ3v) is 6.97. The van der Waals surface area contributed by atoms with E-state index in [1.54, 1.807) is 42.7 Å². The molecule has 0 radical (unpaired) electrons. The molecule has 0 atom stereocenters. The first-order valence-electron chi connectivity index (χ1n) is 10.3. The van der Waals surface area contributed by atoms with Gasteiger partial charge in [-0.15, -0.1) is 10.2 Å². The molecule has 9 heteroatoms. The molecule has 1 amide bonds. The summed E-state index contributed by atoms with van der Waals surface area (Å²) in [6, 6.07) is 14.8. The molecule has 0 spiro atoms. The Balaban J connectivity index is 1.40. The molecule has 1 aliphatic heterocycles. The van der Waals surface area contributed by atoms with Crippen LogP contribution >= 0.6 is 0 Å². The summed E-state index contributed by atoms with van der Waals surface area (Å²) in [5.41, 5.74) is 0.971. The first kappa shape index (κ1) is 21.0. The van der Waals surface area contributed by atoms with Crippen LogP contribution in [0.5, 0.6) is 0 Å². The molecule has 31 heavy (non-hydrogen) atoms. The number of sulfonamides is 1. The molecule has 1 aliphatic rings. The van der Waals surface area contributed by atoms with Gasteiger partial charge in [-0.25, -0.2) is 8.42 Å². The van der Waals surface area contributed by atoms with Gasteiger partial charge in [-0.2, -0.15) is 0 Å². The molecule has 0 unspecified atom stereocenters. The fourth-order valence-electron chi connectivity index (χ4n) is 3.84. The van der Waals surface area contributed by atoms with Gasteiger partial charge in [0.15, 0.2) is 0 Å². The van der Waals surface area contributed by atoms with Gasteiger partial charge < -0.3 is 9.47 Å². The van der Waals surface area contributed by atoms with Crippen molar-refractivity contribution in [2.75, 3.05) is 17.8 Å². The Bertz CT molecular complexity index is 1140. The Morgan fingerprint density at radius 2 is 1.74 bits per heavy atom. The van der Waals surface area contributed by atoms with Crippen LogP contribution < -0.4 is 4.72 Å². The highest BCUT2D eigenvalue weighted by Gasteiger charge is 2.27. The van der Waals surface area contributed by atoms with E-state index in [4.69, 9.17) is 0 Å². The van der Waals surface area contributed by atoms with Crippen LogP contribution in [0.1, 0.15) is 41.9 Å². The van der Waals surface area contributed by atoms with Crippen molar-refractivity contribution in [1.29, 1.82) is 0 Å². The lowest BCUT2D eigenvalue weighted by Crippen LogP contribution is -2.38. The van der Waals surface area contributed by atoms with E-state index in [0.717, 1.165) is 25.2 Å². The number of aryl methyl sites for hydroxylation is 1. The maximum atomic E-state index is 12.9. The van der Waals surface area contributed by atoms with E-state index in [1.807, 2.05) is 15.5 Å². The molecule has 0 bridgehead atoms. The first-order chi connectivity index (χ1) is 15.0. The van der Waals surface area contributed by atoms with Gasteiger partial charge in [0.05, 0.1) is 4.90 Å². The zero-order chi connectivity index (χ0) is 21.8. The number of carbonyl (C=O) groups is 1. The first-order valence-corrected chi connectivity index (χ1v) is 11.8. The molecule has 0 saturated carbocycles. The highest BCUT2D eigenvalue weighted by atomic mass is 32.2. The van der Waals surface area contributed by atoms with E-state index < -0.39 is 10.0 Å². The molecule has 0 aliphatic carbocycles. The van der Waals surface area contributed by atoms with Crippen molar-refractivity contribution >= 4 is 21.6 Å². The monoisotopic (exact) mass is 439 g/mol. The topological polar surface area (TPSA) is 97.2 Å². The number of amides is 1. The minimum atomic E-state index is -3.71. The molecule has 1 N–H and O–H groups in total. The predicted molar refractivity (Wildman–Crippen MR) is 117 cm³/mol. The lowest BCUT2D eigenvalue weighted by Gasteiger charge is -2.31. The second kappa shape index (κ2) is 8.89. The van der Waals surface area contributed by atoms with Crippen LogP contribution in [-0.2, 0) is 16.6 Å². The predicted octanol–water partition coefficient (Wildman–Crippen LogP) is 3.12. The molecule has 1 aromatic heterocycles. The van der Waals surface area contributed by atoms with Gasteiger partial charge >= 0.3 is 0 Å². The van der Waals surface area contributed by atoms with Crippen LogP contribution in [0.2, 0.25) is 0 Å². The standard InChI is InChI=1S/C22H25N5O3S/c1-2-26-16-23-24-21(26)17-12-14-27(15-13-17)22(28)18-8-10-20(11-9-18)31(29,30)25-19-6-4-3-5-7-19/h3-11,16-17,25H,2,12-15H2,1H3. The van der Waals surface area contributed by atoms with Gasteiger partial charge in [0, 0.05) is 36.8 Å². The third kappa shape index (κ3) is 4.61. The van der Waals surface area contributed by atoms with Gasteiger partial charge in [-0.05, 0) is 56.2 Å². The molecule has 2 aromatic carbocycles. The second-order valence-electron chi connectivity index (χ2n) is 7.54. The molecule has 4 rings (SSSR count). The van der Waals surface area contributed by atoms with Crippen molar-refractivity contribution in [2.24, 2.45) is 0 Å². The van der Waals surface area contributed by atoms with Crippen LogP contribution in [-0.4, -0.2) is 47.1 Å². The highest BCUT2D eigenvalue weighted by molar-refractivity contribution is 7.92. The Kier molecular flexibility index (Phi) is 6.03. The summed E-state index contributed by atoms with van der Waals surface area (Å²) in [5, 5.41) is 8.25. The van der Waals surface area contributed by atoms with E-state index in [2.05, 4.69) is 21.8 Å². The minimum Gasteiger partial charge on any atom is -0.339 e. The molecular formula is C22H25N5O3S. The lowest BCUT2D eigenvalue weighted by atomic mass is 9.95. The summed E-state index contributed by atoms with van der Waals surface area (Å²) < 4.78 is 29.7. The highest BCUT2D eigenvalue weighted by Crippen LogP contribution is 2.27. The molecule has 162 valence electrons. The number of piperidine rings is 1. The Morgan fingerprint density at radius 1 is 1.06 bits per heavy atom. The van der Waals surface area contributed by atoms with Crippen LogP contribution in [0.25, 0.3) is 0 Å². The molecule has 8 nitrogen and oxygen atoms in total. The number of aromatic nitrogens is 3. The lowest BCUT2D eigenvalue weighted by molar-refractivity contribution is 0.0710. The minimum absolute atomic E-state index is 0.0876. The summed E-state index contributed by atoms with van der Waals surface area (Å²) >= 11 is 0. The fraction of sp³-hybridized carbons (Fsp3) is 0.318. The van der Waals surface area contributed by atoms with Crippen molar-refractivity contribution in [3.63, 3.8) is 0 Å². The average Bonchev–Trinajstić information content (AvgIpc) is 3.28. The summed E-state index contributed by atoms with van der Waals surface area (Å²) in [4.78, 5) is 14.8.